The van der Waals surface area contributed by atoms with Crippen molar-refractivity contribution in [3.8, 4) is 5.75 Å². The third-order valence-electron chi connectivity index (χ3n) is 4.68. The average Bonchev–Trinajstić information content (AvgIpc) is 2.63. The number of quaternary nitrogens is 1. The Labute approximate surface area is 153 Å². The summed E-state index contributed by atoms with van der Waals surface area (Å²) < 4.78 is 0. The van der Waals surface area contributed by atoms with Crippen LogP contribution in [0, 0.1) is 0 Å². The molecule has 0 radical (unpaired) electrons. The second kappa shape index (κ2) is 8.01. The van der Waals surface area contributed by atoms with Crippen LogP contribution in [0.2, 0.25) is 0 Å². The Balaban J connectivity index is 1.52. The lowest BCUT2D eigenvalue weighted by Crippen LogP contribution is -3.15. The van der Waals surface area contributed by atoms with E-state index in [-0.39, 0.29) is 17.4 Å². The third kappa shape index (κ3) is 4.40. The first kappa shape index (κ1) is 17.9. The highest BCUT2D eigenvalue weighted by Crippen LogP contribution is 2.18. The molecule has 0 saturated carbocycles. The number of carbonyl (C=O) groups is 2. The van der Waals surface area contributed by atoms with Gasteiger partial charge in [-0.3, -0.25) is 9.59 Å². The molecule has 1 fully saturated rings. The van der Waals surface area contributed by atoms with E-state index in [2.05, 4.69) is 10.2 Å². The minimum atomic E-state index is -0.0771. The van der Waals surface area contributed by atoms with Crippen molar-refractivity contribution in [3.63, 3.8) is 0 Å². The minimum absolute atomic E-state index is 0.0595. The van der Waals surface area contributed by atoms with Gasteiger partial charge >= 0.3 is 0 Å². The first-order valence-electron chi connectivity index (χ1n) is 8.80. The highest BCUT2D eigenvalue weighted by atomic mass is 16.3. The van der Waals surface area contributed by atoms with E-state index in [4.69, 9.17) is 0 Å². The fourth-order valence-corrected chi connectivity index (χ4v) is 3.24. The molecule has 1 aliphatic rings. The van der Waals surface area contributed by atoms with E-state index in [0.29, 0.717) is 17.8 Å². The summed E-state index contributed by atoms with van der Waals surface area (Å²) in [4.78, 5) is 27.5. The number of Topliss-reactive ketones (excluding diaryl/α,β-unsaturated/α-hetero) is 1. The van der Waals surface area contributed by atoms with Crippen LogP contribution < -0.4 is 15.1 Å². The van der Waals surface area contributed by atoms with Crippen LogP contribution in [-0.2, 0) is 4.79 Å². The summed E-state index contributed by atoms with van der Waals surface area (Å²) in [5.41, 5.74) is 2.20. The smallest absolute Gasteiger partial charge is 0.279 e. The fourth-order valence-electron chi connectivity index (χ4n) is 3.24. The Bertz CT molecular complexity index is 781. The van der Waals surface area contributed by atoms with Gasteiger partial charge in [-0.05, 0) is 43.3 Å². The van der Waals surface area contributed by atoms with E-state index in [9.17, 15) is 14.7 Å². The van der Waals surface area contributed by atoms with E-state index < -0.39 is 0 Å². The van der Waals surface area contributed by atoms with Gasteiger partial charge < -0.3 is 20.2 Å². The number of piperazine rings is 1. The van der Waals surface area contributed by atoms with Crippen LogP contribution in [0.1, 0.15) is 17.3 Å². The van der Waals surface area contributed by atoms with Crippen molar-refractivity contribution in [2.24, 2.45) is 0 Å². The largest absolute Gasteiger partial charge is 0.508 e. The van der Waals surface area contributed by atoms with Crippen molar-refractivity contribution in [2.45, 2.75) is 6.92 Å². The summed E-state index contributed by atoms with van der Waals surface area (Å²) in [6, 6.07) is 14.3. The lowest BCUT2D eigenvalue weighted by molar-refractivity contribution is -0.892. The van der Waals surface area contributed by atoms with Gasteiger partial charge in [0, 0.05) is 11.3 Å². The summed E-state index contributed by atoms with van der Waals surface area (Å²) in [5, 5.41) is 12.2. The van der Waals surface area contributed by atoms with Crippen molar-refractivity contribution in [3.05, 3.63) is 54.1 Å². The van der Waals surface area contributed by atoms with Crippen LogP contribution in [-0.4, -0.2) is 49.5 Å². The number of ketones is 1. The fraction of sp³-hybridized carbons (Fsp3) is 0.300. The van der Waals surface area contributed by atoms with Crippen LogP contribution in [0.5, 0.6) is 5.75 Å². The van der Waals surface area contributed by atoms with Crippen molar-refractivity contribution >= 4 is 23.1 Å². The summed E-state index contributed by atoms with van der Waals surface area (Å²) in [7, 11) is 0. The molecule has 0 bridgehead atoms. The van der Waals surface area contributed by atoms with E-state index in [0.717, 1.165) is 31.9 Å². The highest BCUT2D eigenvalue weighted by molar-refractivity contribution is 6.03. The van der Waals surface area contributed by atoms with Crippen LogP contribution in [0.25, 0.3) is 0 Å². The predicted octanol–water partition coefficient (Wildman–Crippen LogP) is 0.938. The molecule has 0 unspecified atom stereocenters. The van der Waals surface area contributed by atoms with Gasteiger partial charge in [0.25, 0.3) is 5.91 Å². The molecule has 0 aliphatic carbocycles. The molecule has 6 nitrogen and oxygen atoms in total. The van der Waals surface area contributed by atoms with Crippen molar-refractivity contribution in [1.29, 1.82) is 0 Å². The zero-order valence-corrected chi connectivity index (χ0v) is 14.9. The Hall–Kier alpha value is -2.86. The predicted molar refractivity (Wildman–Crippen MR) is 101 cm³/mol. The number of phenolic OH excluding ortho intramolecular Hbond substituents is 1. The van der Waals surface area contributed by atoms with E-state index in [1.165, 1.54) is 11.8 Å². The van der Waals surface area contributed by atoms with E-state index >= 15 is 0 Å². The van der Waals surface area contributed by atoms with Gasteiger partial charge in [0.2, 0.25) is 0 Å². The number of rotatable bonds is 5. The number of nitrogens with zero attached hydrogens (tertiary/aromatic N) is 1. The summed E-state index contributed by atoms with van der Waals surface area (Å²) in [6.45, 7) is 5.33. The average molecular weight is 354 g/mol. The number of carbonyl (C=O) groups excluding carboxylic acids is 2. The minimum Gasteiger partial charge on any atom is -0.508 e. The monoisotopic (exact) mass is 354 g/mol. The van der Waals surface area contributed by atoms with Gasteiger partial charge in [-0.2, -0.15) is 0 Å². The zero-order chi connectivity index (χ0) is 18.5. The van der Waals surface area contributed by atoms with Gasteiger partial charge in [0.1, 0.15) is 5.75 Å². The molecule has 1 amide bonds. The Morgan fingerprint density at radius 3 is 2.38 bits per heavy atom. The van der Waals surface area contributed by atoms with Gasteiger partial charge in [-0.1, -0.05) is 12.1 Å². The van der Waals surface area contributed by atoms with Crippen LogP contribution >= 0.6 is 0 Å². The third-order valence-corrected chi connectivity index (χ3v) is 4.68. The van der Waals surface area contributed by atoms with Crippen molar-refractivity contribution in [2.75, 3.05) is 42.9 Å². The van der Waals surface area contributed by atoms with Gasteiger partial charge in [0.15, 0.2) is 12.3 Å². The molecule has 0 aromatic heterocycles. The molecule has 3 N–H and O–H groups in total. The van der Waals surface area contributed by atoms with Gasteiger partial charge in [-0.15, -0.1) is 0 Å². The number of benzene rings is 2. The molecule has 0 spiro atoms. The second-order valence-electron chi connectivity index (χ2n) is 6.58. The molecule has 1 saturated heterocycles. The molecule has 2 aromatic rings. The maximum atomic E-state index is 12.4. The van der Waals surface area contributed by atoms with Crippen LogP contribution in [0.3, 0.4) is 0 Å². The number of phenols is 1. The first-order chi connectivity index (χ1) is 12.5. The lowest BCUT2D eigenvalue weighted by atomic mass is 10.1. The Kier molecular flexibility index (Phi) is 5.53. The molecule has 6 heteroatoms. The van der Waals surface area contributed by atoms with Crippen LogP contribution in [0.15, 0.2) is 48.5 Å². The molecular weight excluding hydrogens is 330 g/mol. The van der Waals surface area contributed by atoms with Crippen molar-refractivity contribution in [1.82, 2.24) is 0 Å². The Morgan fingerprint density at radius 1 is 1.08 bits per heavy atom. The van der Waals surface area contributed by atoms with Gasteiger partial charge in [0.05, 0.1) is 31.9 Å². The molecule has 136 valence electrons. The number of anilines is 2. The van der Waals surface area contributed by atoms with Gasteiger partial charge in [-0.25, -0.2) is 0 Å². The number of hydrogen-bond donors (Lipinski definition) is 3. The Morgan fingerprint density at radius 2 is 1.73 bits per heavy atom. The number of para-hydroxylation sites is 1. The zero-order valence-electron chi connectivity index (χ0n) is 14.9. The number of nitrogens with one attached hydrogen (secondary N) is 2. The maximum absolute atomic E-state index is 12.4. The standard InChI is InChI=1S/C20H23N3O3/c1-15(24)18-4-2-3-5-19(18)21-20(26)14-22-10-12-23(13-11-22)16-6-8-17(25)9-7-16/h2-9,25H,10-14H2,1H3,(H,21,26)/p+1. The van der Waals surface area contributed by atoms with E-state index in [1.54, 1.807) is 30.3 Å². The molecule has 1 aliphatic heterocycles. The molecule has 0 atom stereocenters. The number of amides is 1. The van der Waals surface area contributed by atoms with Crippen molar-refractivity contribution < 1.29 is 19.6 Å². The lowest BCUT2D eigenvalue weighted by Gasteiger charge is -2.33. The molecule has 1 heterocycles. The normalized spacial score (nSPS) is 14.9. The van der Waals surface area contributed by atoms with Crippen LogP contribution in [0.4, 0.5) is 11.4 Å². The summed E-state index contributed by atoms with van der Waals surface area (Å²) in [6.07, 6.45) is 0. The summed E-state index contributed by atoms with van der Waals surface area (Å²) >= 11 is 0. The second-order valence-corrected chi connectivity index (χ2v) is 6.58. The maximum Gasteiger partial charge on any atom is 0.279 e. The SMILES string of the molecule is CC(=O)c1ccccc1NC(=O)C[NH+]1CCN(c2ccc(O)cc2)CC1. The number of hydrogen-bond acceptors (Lipinski definition) is 4. The topological polar surface area (TPSA) is 74.1 Å². The number of aromatic hydroxyl groups is 1. The van der Waals surface area contributed by atoms with E-state index in [1.807, 2.05) is 18.2 Å². The molecular formula is C20H24N3O3+. The summed E-state index contributed by atoms with van der Waals surface area (Å²) in [5.74, 6) is 0.128. The highest BCUT2D eigenvalue weighted by Gasteiger charge is 2.22. The first-order valence-corrected chi connectivity index (χ1v) is 8.80. The molecule has 26 heavy (non-hydrogen) atoms. The quantitative estimate of drug-likeness (QED) is 0.699. The molecule has 2 aromatic carbocycles. The molecule has 3 rings (SSSR count).